The molecule has 0 atom stereocenters. The number of anilines is 1. The predicted octanol–water partition coefficient (Wildman–Crippen LogP) is 1.34. The van der Waals surface area contributed by atoms with E-state index in [9.17, 15) is 4.79 Å². The van der Waals surface area contributed by atoms with E-state index in [1.165, 1.54) is 0 Å². The van der Waals surface area contributed by atoms with Gasteiger partial charge >= 0.3 is 0 Å². The molecule has 1 aromatic carbocycles. The number of nitrogens with two attached hydrogens (primary N) is 1. The Kier molecular flexibility index (Phi) is 4.72. The number of hydrogen-bond acceptors (Lipinski definition) is 7. The average molecular weight is 382 g/mol. The van der Waals surface area contributed by atoms with Crippen LogP contribution in [0.3, 0.4) is 0 Å². The van der Waals surface area contributed by atoms with Gasteiger partial charge in [-0.1, -0.05) is 6.07 Å². The maximum atomic E-state index is 12.3. The molecule has 9 heteroatoms. The van der Waals surface area contributed by atoms with Gasteiger partial charge in [0.05, 0.1) is 0 Å². The average Bonchev–Trinajstić information content (AvgIpc) is 3.27. The van der Waals surface area contributed by atoms with Crippen LogP contribution in [-0.4, -0.2) is 38.8 Å². The number of hydrogen-bond donors (Lipinski definition) is 2. The first-order chi connectivity index (χ1) is 13.5. The van der Waals surface area contributed by atoms with E-state index in [-0.39, 0.29) is 18.6 Å². The van der Waals surface area contributed by atoms with Gasteiger partial charge in [0.15, 0.2) is 11.5 Å². The summed E-state index contributed by atoms with van der Waals surface area (Å²) in [4.78, 5) is 20.8. The Morgan fingerprint density at radius 2 is 2.04 bits per heavy atom. The molecular weight excluding hydrogens is 360 g/mol. The molecule has 3 heterocycles. The number of rotatable bonds is 6. The number of fused-ring (bicyclic) bond motifs is 2. The number of nitrogens with zero attached hydrogens (tertiary/aromatic N) is 4. The highest BCUT2D eigenvalue weighted by Crippen LogP contribution is 2.32. The number of nitrogen functional groups attached to an aromatic ring is 1. The first-order valence-electron chi connectivity index (χ1n) is 9.15. The molecule has 0 aliphatic carbocycles. The van der Waals surface area contributed by atoms with E-state index in [4.69, 9.17) is 15.2 Å². The van der Waals surface area contributed by atoms with Crippen molar-refractivity contribution in [3.8, 4) is 11.5 Å². The van der Waals surface area contributed by atoms with E-state index in [1.54, 1.807) is 4.52 Å². The van der Waals surface area contributed by atoms with Crippen LogP contribution >= 0.6 is 0 Å². The van der Waals surface area contributed by atoms with Gasteiger partial charge in [-0.3, -0.25) is 4.79 Å². The van der Waals surface area contributed by atoms with Crippen LogP contribution in [0.5, 0.6) is 11.5 Å². The SMILES string of the molecule is Cc1nc2nc(N)nn2c(C)c1CCC(=O)NCCc1ccc2c(c1)OCO2. The van der Waals surface area contributed by atoms with Crippen LogP contribution in [0.15, 0.2) is 18.2 Å². The molecule has 9 nitrogen and oxygen atoms in total. The molecule has 0 spiro atoms. The van der Waals surface area contributed by atoms with Gasteiger partial charge < -0.3 is 20.5 Å². The van der Waals surface area contributed by atoms with Crippen molar-refractivity contribution in [1.82, 2.24) is 24.9 Å². The number of benzene rings is 1. The van der Waals surface area contributed by atoms with Crippen molar-refractivity contribution in [2.75, 3.05) is 19.1 Å². The summed E-state index contributed by atoms with van der Waals surface area (Å²) in [5.41, 5.74) is 9.48. The summed E-state index contributed by atoms with van der Waals surface area (Å²) in [6, 6.07) is 5.83. The topological polar surface area (TPSA) is 117 Å². The van der Waals surface area contributed by atoms with E-state index >= 15 is 0 Å². The quantitative estimate of drug-likeness (QED) is 0.661. The number of ether oxygens (including phenoxy) is 2. The van der Waals surface area contributed by atoms with Crippen molar-refractivity contribution in [3.63, 3.8) is 0 Å². The predicted molar refractivity (Wildman–Crippen MR) is 102 cm³/mol. The molecule has 146 valence electrons. The molecule has 0 bridgehead atoms. The molecular formula is C19H22N6O3. The lowest BCUT2D eigenvalue weighted by Crippen LogP contribution is -2.26. The minimum Gasteiger partial charge on any atom is -0.454 e. The minimum absolute atomic E-state index is 0.00209. The van der Waals surface area contributed by atoms with Gasteiger partial charge in [0.25, 0.3) is 5.78 Å². The second-order valence-corrected chi connectivity index (χ2v) is 6.73. The third-order valence-corrected chi connectivity index (χ3v) is 4.84. The van der Waals surface area contributed by atoms with Crippen LogP contribution in [0.1, 0.15) is 28.9 Å². The van der Waals surface area contributed by atoms with Crippen molar-refractivity contribution >= 4 is 17.6 Å². The van der Waals surface area contributed by atoms with Crippen LogP contribution in [0.2, 0.25) is 0 Å². The zero-order chi connectivity index (χ0) is 19.7. The molecule has 3 N–H and O–H groups in total. The standard InChI is InChI=1S/C19H22N6O3/c1-11-14(12(2)25-19(22-11)23-18(20)24-25)4-6-17(26)21-8-7-13-3-5-15-16(9-13)28-10-27-15/h3,5,9H,4,6-8,10H2,1-2H3,(H2,20,24)(H,21,26). The molecule has 4 rings (SSSR count). The molecule has 1 aliphatic heterocycles. The van der Waals surface area contributed by atoms with E-state index < -0.39 is 0 Å². The Hall–Kier alpha value is -3.36. The fourth-order valence-corrected chi connectivity index (χ4v) is 3.36. The van der Waals surface area contributed by atoms with Crippen molar-refractivity contribution in [2.45, 2.75) is 33.1 Å². The minimum atomic E-state index is -0.00209. The fourth-order valence-electron chi connectivity index (χ4n) is 3.36. The summed E-state index contributed by atoms with van der Waals surface area (Å²) in [7, 11) is 0. The van der Waals surface area contributed by atoms with Crippen LogP contribution in [-0.2, 0) is 17.6 Å². The molecule has 2 aromatic heterocycles. The smallest absolute Gasteiger partial charge is 0.254 e. The van der Waals surface area contributed by atoms with Crippen LogP contribution in [0.25, 0.3) is 5.78 Å². The lowest BCUT2D eigenvalue weighted by atomic mass is 10.1. The monoisotopic (exact) mass is 382 g/mol. The highest BCUT2D eigenvalue weighted by molar-refractivity contribution is 5.76. The fraction of sp³-hybridized carbons (Fsp3) is 0.368. The van der Waals surface area contributed by atoms with Gasteiger partial charge in [0, 0.05) is 24.4 Å². The molecule has 0 saturated heterocycles. The highest BCUT2D eigenvalue weighted by Gasteiger charge is 2.15. The van der Waals surface area contributed by atoms with Gasteiger partial charge in [0.1, 0.15) is 0 Å². The second kappa shape index (κ2) is 7.34. The van der Waals surface area contributed by atoms with E-state index in [0.717, 1.165) is 40.4 Å². The Bertz CT molecular complexity index is 1050. The highest BCUT2D eigenvalue weighted by atomic mass is 16.7. The van der Waals surface area contributed by atoms with Crippen molar-refractivity contribution in [1.29, 1.82) is 0 Å². The van der Waals surface area contributed by atoms with Crippen LogP contribution in [0.4, 0.5) is 5.95 Å². The van der Waals surface area contributed by atoms with Gasteiger partial charge in [-0.25, -0.2) is 4.98 Å². The number of amides is 1. The van der Waals surface area contributed by atoms with Crippen LogP contribution in [0, 0.1) is 13.8 Å². The largest absolute Gasteiger partial charge is 0.454 e. The lowest BCUT2D eigenvalue weighted by Gasteiger charge is -2.10. The molecule has 0 radical (unpaired) electrons. The summed E-state index contributed by atoms with van der Waals surface area (Å²) >= 11 is 0. The Labute approximate surface area is 161 Å². The first kappa shape index (κ1) is 18.0. The number of aryl methyl sites for hydroxylation is 2. The van der Waals surface area contributed by atoms with E-state index in [2.05, 4.69) is 20.4 Å². The third kappa shape index (κ3) is 3.55. The summed E-state index contributed by atoms with van der Waals surface area (Å²) in [5.74, 6) is 2.18. The maximum Gasteiger partial charge on any atom is 0.254 e. The lowest BCUT2D eigenvalue weighted by molar-refractivity contribution is -0.121. The third-order valence-electron chi connectivity index (χ3n) is 4.84. The number of nitrogens with one attached hydrogen (secondary N) is 1. The molecule has 0 unspecified atom stereocenters. The molecule has 0 saturated carbocycles. The zero-order valence-electron chi connectivity index (χ0n) is 15.9. The van der Waals surface area contributed by atoms with Gasteiger partial charge in [-0.15, -0.1) is 5.10 Å². The second-order valence-electron chi connectivity index (χ2n) is 6.73. The molecule has 3 aromatic rings. The normalized spacial score (nSPS) is 12.5. The Balaban J connectivity index is 1.31. The van der Waals surface area contributed by atoms with E-state index in [1.807, 2.05) is 32.0 Å². The number of carbonyl (C=O) groups is 1. The molecule has 1 aliphatic rings. The van der Waals surface area contributed by atoms with E-state index in [0.29, 0.717) is 25.2 Å². The molecule has 0 fully saturated rings. The molecule has 28 heavy (non-hydrogen) atoms. The Morgan fingerprint density at radius 3 is 2.89 bits per heavy atom. The maximum absolute atomic E-state index is 12.3. The first-order valence-corrected chi connectivity index (χ1v) is 9.15. The zero-order valence-corrected chi connectivity index (χ0v) is 15.9. The summed E-state index contributed by atoms with van der Waals surface area (Å²) in [6.45, 7) is 4.66. The van der Waals surface area contributed by atoms with Crippen molar-refractivity contribution in [3.05, 3.63) is 40.7 Å². The number of aromatic nitrogens is 4. The summed E-state index contributed by atoms with van der Waals surface area (Å²) < 4.78 is 12.3. The molecule has 1 amide bonds. The van der Waals surface area contributed by atoms with Gasteiger partial charge in [-0.2, -0.15) is 9.50 Å². The number of carbonyl (C=O) groups excluding carboxylic acids is 1. The van der Waals surface area contributed by atoms with Crippen molar-refractivity contribution in [2.24, 2.45) is 0 Å². The van der Waals surface area contributed by atoms with Gasteiger partial charge in [0.2, 0.25) is 18.6 Å². The van der Waals surface area contributed by atoms with Crippen molar-refractivity contribution < 1.29 is 14.3 Å². The van der Waals surface area contributed by atoms with Gasteiger partial charge in [-0.05, 0) is 49.9 Å². The van der Waals surface area contributed by atoms with Crippen LogP contribution < -0.4 is 20.5 Å². The summed E-state index contributed by atoms with van der Waals surface area (Å²) in [6.07, 6.45) is 1.68. The Morgan fingerprint density at radius 1 is 1.21 bits per heavy atom. The summed E-state index contributed by atoms with van der Waals surface area (Å²) in [5, 5.41) is 7.11.